The van der Waals surface area contributed by atoms with Gasteiger partial charge in [0.05, 0.1) is 25.3 Å². The van der Waals surface area contributed by atoms with Crippen molar-refractivity contribution in [1.82, 2.24) is 0 Å². The zero-order valence-corrected chi connectivity index (χ0v) is 11.5. The lowest BCUT2D eigenvalue weighted by Crippen LogP contribution is -2.03. The molecule has 21 heavy (non-hydrogen) atoms. The first-order valence-electron chi connectivity index (χ1n) is 6.00. The van der Waals surface area contributed by atoms with Crippen LogP contribution in [0.25, 0.3) is 0 Å². The minimum atomic E-state index is -0.606. The van der Waals surface area contributed by atoms with Gasteiger partial charge in [-0.15, -0.1) is 0 Å². The van der Waals surface area contributed by atoms with Gasteiger partial charge in [0.2, 0.25) is 11.5 Å². The summed E-state index contributed by atoms with van der Waals surface area (Å²) < 4.78 is 10.0. The maximum atomic E-state index is 12.4. The van der Waals surface area contributed by atoms with Gasteiger partial charge in [0.25, 0.3) is 0 Å². The smallest absolute Gasteiger partial charge is 0.203 e. The molecule has 0 aliphatic rings. The van der Waals surface area contributed by atoms with E-state index in [1.807, 2.05) is 0 Å². The largest absolute Gasteiger partial charge is 0.508 e. The van der Waals surface area contributed by atoms with Crippen molar-refractivity contribution in [2.45, 2.75) is 0 Å². The van der Waals surface area contributed by atoms with Crippen LogP contribution in [0.2, 0.25) is 0 Å². The quantitative estimate of drug-likeness (QED) is 0.746. The number of carbonyl (C=O) groups excluding carboxylic acids is 1. The van der Waals surface area contributed by atoms with Gasteiger partial charge < -0.3 is 24.8 Å². The zero-order valence-electron chi connectivity index (χ0n) is 11.5. The first-order valence-corrected chi connectivity index (χ1v) is 6.00. The van der Waals surface area contributed by atoms with Crippen molar-refractivity contribution < 1.29 is 29.6 Å². The summed E-state index contributed by atoms with van der Waals surface area (Å²) in [5.74, 6) is -1.22. The van der Waals surface area contributed by atoms with E-state index in [1.54, 1.807) is 0 Å². The number of ketones is 1. The third-order valence-corrected chi connectivity index (χ3v) is 2.99. The molecule has 0 fully saturated rings. The Morgan fingerprint density at radius 2 is 1.62 bits per heavy atom. The molecule has 2 aromatic rings. The highest BCUT2D eigenvalue weighted by Crippen LogP contribution is 2.40. The second-order valence-corrected chi connectivity index (χ2v) is 4.23. The average Bonchev–Trinajstić information content (AvgIpc) is 2.46. The third kappa shape index (κ3) is 2.55. The Labute approximate surface area is 120 Å². The summed E-state index contributed by atoms with van der Waals surface area (Å²) in [5, 5.41) is 29.1. The van der Waals surface area contributed by atoms with Crippen LogP contribution < -0.4 is 9.47 Å². The predicted molar refractivity (Wildman–Crippen MR) is 74.4 cm³/mol. The van der Waals surface area contributed by atoms with E-state index in [-0.39, 0.29) is 39.9 Å². The maximum absolute atomic E-state index is 12.4. The Kier molecular flexibility index (Phi) is 3.89. The van der Waals surface area contributed by atoms with Crippen molar-refractivity contribution in [2.75, 3.05) is 14.2 Å². The monoisotopic (exact) mass is 290 g/mol. The van der Waals surface area contributed by atoms with E-state index in [1.165, 1.54) is 38.5 Å². The third-order valence-electron chi connectivity index (χ3n) is 2.99. The average molecular weight is 290 g/mol. The lowest BCUT2D eigenvalue weighted by atomic mass is 10.0. The van der Waals surface area contributed by atoms with E-state index in [9.17, 15) is 20.1 Å². The van der Waals surface area contributed by atoms with Crippen molar-refractivity contribution >= 4 is 5.78 Å². The minimum Gasteiger partial charge on any atom is -0.508 e. The van der Waals surface area contributed by atoms with Crippen LogP contribution in [0, 0.1) is 0 Å². The van der Waals surface area contributed by atoms with Crippen molar-refractivity contribution in [1.29, 1.82) is 0 Å². The molecule has 0 unspecified atom stereocenters. The number of aromatic hydroxyl groups is 3. The first kappa shape index (κ1) is 14.5. The predicted octanol–water partition coefficient (Wildman–Crippen LogP) is 2.05. The van der Waals surface area contributed by atoms with Gasteiger partial charge in [-0.1, -0.05) is 0 Å². The van der Waals surface area contributed by atoms with Crippen LogP contribution in [0.4, 0.5) is 0 Å². The number of hydrogen-bond acceptors (Lipinski definition) is 6. The van der Waals surface area contributed by atoms with Gasteiger partial charge in [-0.25, -0.2) is 0 Å². The number of phenols is 3. The highest BCUT2D eigenvalue weighted by atomic mass is 16.5. The van der Waals surface area contributed by atoms with Gasteiger partial charge in [-0.3, -0.25) is 4.79 Å². The van der Waals surface area contributed by atoms with Crippen molar-refractivity contribution in [3.05, 3.63) is 41.5 Å². The maximum Gasteiger partial charge on any atom is 0.203 e. The molecule has 0 saturated heterocycles. The van der Waals surface area contributed by atoms with Crippen molar-refractivity contribution in [3.63, 3.8) is 0 Å². The van der Waals surface area contributed by atoms with Gasteiger partial charge in [0.1, 0.15) is 11.5 Å². The van der Waals surface area contributed by atoms with Crippen LogP contribution in [0.15, 0.2) is 30.3 Å². The van der Waals surface area contributed by atoms with Crippen LogP contribution in [-0.4, -0.2) is 35.3 Å². The SMILES string of the molecule is COc1ccc(C(=O)c2ccc(O)cc2O)c(O)c1OC. The Morgan fingerprint density at radius 1 is 0.952 bits per heavy atom. The number of benzene rings is 2. The number of ether oxygens (including phenoxy) is 2. The Hall–Kier alpha value is -2.89. The Morgan fingerprint density at radius 3 is 2.19 bits per heavy atom. The molecule has 0 saturated carbocycles. The summed E-state index contributed by atoms with van der Waals surface area (Å²) >= 11 is 0. The topological polar surface area (TPSA) is 96.2 Å². The van der Waals surface area contributed by atoms with Gasteiger partial charge in [-0.05, 0) is 24.3 Å². The van der Waals surface area contributed by atoms with E-state index in [4.69, 9.17) is 9.47 Å². The summed E-state index contributed by atoms with van der Waals surface area (Å²) in [6.07, 6.45) is 0. The Bertz CT molecular complexity index is 693. The van der Waals surface area contributed by atoms with E-state index in [0.29, 0.717) is 0 Å². The molecule has 2 aromatic carbocycles. The molecule has 0 aliphatic carbocycles. The molecule has 3 N–H and O–H groups in total. The minimum absolute atomic E-state index is 0.0293. The molecule has 0 radical (unpaired) electrons. The van der Waals surface area contributed by atoms with E-state index < -0.39 is 5.78 Å². The van der Waals surface area contributed by atoms with Crippen LogP contribution in [-0.2, 0) is 0 Å². The van der Waals surface area contributed by atoms with Crippen LogP contribution in [0.1, 0.15) is 15.9 Å². The van der Waals surface area contributed by atoms with Crippen LogP contribution >= 0.6 is 0 Å². The summed E-state index contributed by atoms with van der Waals surface area (Å²) in [6.45, 7) is 0. The van der Waals surface area contributed by atoms with Crippen molar-refractivity contribution in [3.8, 4) is 28.7 Å². The fourth-order valence-corrected chi connectivity index (χ4v) is 1.95. The highest BCUT2D eigenvalue weighted by molar-refractivity contribution is 6.12. The number of rotatable bonds is 4. The fraction of sp³-hybridized carbons (Fsp3) is 0.133. The Balaban J connectivity index is 2.53. The van der Waals surface area contributed by atoms with Crippen LogP contribution in [0.5, 0.6) is 28.7 Å². The number of phenolic OH excluding ortho intramolecular Hbond substituents is 3. The molecule has 0 bridgehead atoms. The van der Waals surface area contributed by atoms with Gasteiger partial charge in [0.15, 0.2) is 11.5 Å². The fourth-order valence-electron chi connectivity index (χ4n) is 1.95. The molecule has 0 heterocycles. The first-order chi connectivity index (χ1) is 9.99. The second kappa shape index (κ2) is 5.62. The molecular weight excluding hydrogens is 276 g/mol. The highest BCUT2D eigenvalue weighted by Gasteiger charge is 2.22. The molecule has 6 heteroatoms. The molecule has 0 amide bonds. The normalized spacial score (nSPS) is 10.2. The van der Waals surface area contributed by atoms with E-state index in [0.717, 1.165) is 6.07 Å². The number of methoxy groups -OCH3 is 2. The summed E-state index contributed by atoms with van der Waals surface area (Å²) in [6, 6.07) is 6.42. The lowest BCUT2D eigenvalue weighted by molar-refractivity contribution is 0.103. The van der Waals surface area contributed by atoms with Crippen molar-refractivity contribution in [2.24, 2.45) is 0 Å². The molecule has 0 aliphatic heterocycles. The van der Waals surface area contributed by atoms with E-state index in [2.05, 4.69) is 0 Å². The zero-order chi connectivity index (χ0) is 15.6. The summed E-state index contributed by atoms with van der Waals surface area (Å²) in [7, 11) is 2.74. The molecule has 110 valence electrons. The molecule has 0 aromatic heterocycles. The second-order valence-electron chi connectivity index (χ2n) is 4.23. The molecular formula is C15H14O6. The van der Waals surface area contributed by atoms with Gasteiger partial charge in [-0.2, -0.15) is 0 Å². The molecule has 6 nitrogen and oxygen atoms in total. The van der Waals surface area contributed by atoms with Crippen LogP contribution in [0.3, 0.4) is 0 Å². The number of carbonyl (C=O) groups is 1. The summed E-state index contributed by atoms with van der Waals surface area (Å²) in [5.41, 5.74) is -0.0936. The molecule has 0 spiro atoms. The standard InChI is InChI=1S/C15H14O6/c1-20-12-6-5-10(14(19)15(12)21-2)13(18)9-4-3-8(16)7-11(9)17/h3-7,16-17,19H,1-2H3. The number of hydrogen-bond donors (Lipinski definition) is 3. The van der Waals surface area contributed by atoms with Gasteiger partial charge >= 0.3 is 0 Å². The molecule has 0 atom stereocenters. The van der Waals surface area contributed by atoms with E-state index >= 15 is 0 Å². The van der Waals surface area contributed by atoms with Gasteiger partial charge in [0, 0.05) is 6.07 Å². The lowest BCUT2D eigenvalue weighted by Gasteiger charge is -2.12. The summed E-state index contributed by atoms with van der Waals surface area (Å²) in [4.78, 5) is 12.4. The molecule has 2 rings (SSSR count).